The summed E-state index contributed by atoms with van der Waals surface area (Å²) in [6, 6.07) is 32.2. The molecule has 105 heavy (non-hydrogen) atoms. The monoisotopic (exact) mass is 1540 g/mol. The predicted octanol–water partition coefficient (Wildman–Crippen LogP) is 13.1. The second-order valence-corrected chi connectivity index (χ2v) is 27.4. The quantitative estimate of drug-likeness (QED) is 0.0159. The van der Waals surface area contributed by atoms with E-state index >= 15 is 0 Å². The summed E-state index contributed by atoms with van der Waals surface area (Å²) in [4.78, 5) is 132. The number of amides is 6. The Morgan fingerprint density at radius 1 is 0.571 bits per heavy atom. The number of carbonyl (C=O) groups excluding carboxylic acids is 10. The van der Waals surface area contributed by atoms with Gasteiger partial charge in [0, 0.05) is 121 Å². The van der Waals surface area contributed by atoms with Crippen LogP contribution < -0.4 is 45.3 Å². The number of hydrogen-bond acceptors (Lipinski definition) is 17. The Morgan fingerprint density at radius 2 is 1.06 bits per heavy atom. The number of ether oxygens (including phenoxy) is 5. The summed E-state index contributed by atoms with van der Waals surface area (Å²) < 4.78 is 26.2. The summed E-state index contributed by atoms with van der Waals surface area (Å²) in [6.07, 6.45) is 7.82. The molecule has 23 nitrogen and oxygen atoms in total. The summed E-state index contributed by atoms with van der Waals surface area (Å²) in [6.45, 7) is 6.67. The standard InChI is InChI=1S/C40H46ClN3O8.C22H30BrClN2O5.C17H14N2O3/c1-24(15-34(45)25(2)42-37(46)11-7-8-12-38(47)51-4)39(48)43-30-17-26(22-41)16-27(18-30)23-52-36-20-28-13-14-31-19-29-9-5-6-10-33(29)44(31)40(49)32(28)21-35(36)50-3;1-14(22(30)26-18-10-16(12-23)9-17(11-18)13-24)8-19(27)15(2)25-20(28)6-4-5-7-21(29)31-3;1-22-16-7-12-13(8-15(16)20)18-9-11-6-10-4-2-3-5-14(10)19(11)17(12)21/h5-6,9-10,16-18,20-21,24-25,31H,7-8,11-15,19,22-23H2,1-4H3,(H,42,46)(H,43,48);9-11,14-15H,4-8,12-13H2,1-3H3,(H,25,28)(H,26,30);2-5,7-9,11,20H,6H2,1H3/t24-,25+,31-;14-,15+;11-/m110/s1. The van der Waals surface area contributed by atoms with Gasteiger partial charge >= 0.3 is 11.9 Å². The lowest BCUT2D eigenvalue weighted by Gasteiger charge is -2.23. The van der Waals surface area contributed by atoms with Crippen molar-refractivity contribution in [2.75, 3.05) is 48.9 Å². The number of unbranched alkanes of at least 4 members (excludes halogenated alkanes) is 2. The Kier molecular flexibility index (Phi) is 30.0. The van der Waals surface area contributed by atoms with Crippen molar-refractivity contribution in [2.24, 2.45) is 16.8 Å². The molecule has 0 aliphatic carbocycles. The third-order valence-corrected chi connectivity index (χ3v) is 19.7. The van der Waals surface area contributed by atoms with Gasteiger partial charge < -0.3 is 55.0 Å². The molecule has 0 aromatic heterocycles. The number of aryl methyl sites for hydroxylation is 1. The first-order valence-corrected chi connectivity index (χ1v) is 37.0. The van der Waals surface area contributed by atoms with Gasteiger partial charge in [-0.3, -0.25) is 57.8 Å². The van der Waals surface area contributed by atoms with Gasteiger partial charge in [0.05, 0.1) is 57.8 Å². The molecule has 6 amide bonds. The molecule has 6 aromatic carbocycles. The van der Waals surface area contributed by atoms with Crippen molar-refractivity contribution in [3.8, 4) is 23.0 Å². The summed E-state index contributed by atoms with van der Waals surface area (Å²) >= 11 is 15.5. The van der Waals surface area contributed by atoms with Crippen LogP contribution in [-0.4, -0.2) is 123 Å². The lowest BCUT2D eigenvalue weighted by molar-refractivity contribution is -0.141. The van der Waals surface area contributed by atoms with Crippen LogP contribution >= 0.6 is 39.1 Å². The summed E-state index contributed by atoms with van der Waals surface area (Å²) in [5.74, 6) is -1.96. The van der Waals surface area contributed by atoms with Crippen molar-refractivity contribution < 1.29 is 76.7 Å². The summed E-state index contributed by atoms with van der Waals surface area (Å²) in [5.41, 5.74) is 11.2. The molecule has 6 atom stereocenters. The van der Waals surface area contributed by atoms with E-state index in [1.54, 1.807) is 76.3 Å². The maximum Gasteiger partial charge on any atom is 0.305 e. The highest BCUT2D eigenvalue weighted by molar-refractivity contribution is 9.08. The van der Waals surface area contributed by atoms with Gasteiger partial charge in [-0.15, -0.1) is 23.2 Å². The number of fused-ring (bicyclic) bond motifs is 8. The number of para-hydroxylation sites is 2. The minimum atomic E-state index is -0.761. The molecule has 0 spiro atoms. The first-order chi connectivity index (χ1) is 50.4. The molecule has 0 saturated carbocycles. The molecule has 0 fully saturated rings. The highest BCUT2D eigenvalue weighted by Gasteiger charge is 2.39. The molecule has 558 valence electrons. The Morgan fingerprint density at radius 3 is 1.59 bits per heavy atom. The number of hydrogen-bond donors (Lipinski definition) is 5. The summed E-state index contributed by atoms with van der Waals surface area (Å²) in [5, 5.41) is 21.6. The van der Waals surface area contributed by atoms with Crippen molar-refractivity contribution >= 4 is 133 Å². The smallest absolute Gasteiger partial charge is 0.305 e. The molecule has 4 heterocycles. The zero-order chi connectivity index (χ0) is 76.0. The number of methoxy groups -OCH3 is 4. The van der Waals surface area contributed by atoms with E-state index in [2.05, 4.69) is 57.7 Å². The number of aliphatic imine (C=N–C) groups is 1. The van der Waals surface area contributed by atoms with Crippen LogP contribution in [0, 0.1) is 11.8 Å². The highest BCUT2D eigenvalue weighted by Crippen LogP contribution is 2.43. The molecule has 6 aromatic rings. The molecular formula is C79H90BrCl2N7O16. The second kappa shape index (κ2) is 38.9. The van der Waals surface area contributed by atoms with E-state index < -0.39 is 23.9 Å². The van der Waals surface area contributed by atoms with Crippen molar-refractivity contribution in [3.05, 3.63) is 159 Å². The van der Waals surface area contributed by atoms with E-state index in [0.717, 1.165) is 70.4 Å². The molecule has 0 unspecified atom stereocenters. The third-order valence-electron chi connectivity index (χ3n) is 18.5. The van der Waals surface area contributed by atoms with Crippen LogP contribution in [-0.2, 0) is 90.8 Å². The molecule has 26 heteroatoms. The van der Waals surface area contributed by atoms with Crippen LogP contribution in [0.25, 0.3) is 0 Å². The zero-order valence-electron chi connectivity index (χ0n) is 60.2. The number of halogens is 3. The maximum absolute atomic E-state index is 13.8. The van der Waals surface area contributed by atoms with Crippen molar-refractivity contribution in [3.63, 3.8) is 0 Å². The number of phenols is 1. The maximum atomic E-state index is 13.8. The molecule has 0 saturated heterocycles. The van der Waals surface area contributed by atoms with Crippen LogP contribution in [0.1, 0.15) is 158 Å². The van der Waals surface area contributed by atoms with E-state index in [1.807, 2.05) is 71.6 Å². The lowest BCUT2D eigenvalue weighted by atomic mass is 9.99. The molecule has 4 aliphatic rings. The fraction of sp³-hybridized carbons (Fsp3) is 0.405. The predicted molar refractivity (Wildman–Crippen MR) is 406 cm³/mol. The third kappa shape index (κ3) is 22.0. The number of nitrogens with one attached hydrogen (secondary N) is 4. The van der Waals surface area contributed by atoms with E-state index in [-0.39, 0.29) is 134 Å². The van der Waals surface area contributed by atoms with Gasteiger partial charge in [-0.2, -0.15) is 0 Å². The second-order valence-electron chi connectivity index (χ2n) is 26.3. The van der Waals surface area contributed by atoms with Gasteiger partial charge in [0.25, 0.3) is 11.8 Å². The number of anilines is 4. The molecule has 0 bridgehead atoms. The van der Waals surface area contributed by atoms with E-state index in [0.29, 0.717) is 76.6 Å². The first kappa shape index (κ1) is 81.0. The zero-order valence-corrected chi connectivity index (χ0v) is 63.3. The number of ketones is 2. The number of alkyl halides is 3. The first-order valence-electron chi connectivity index (χ1n) is 34.8. The topological polar surface area (TPSA) is 304 Å². The van der Waals surface area contributed by atoms with Gasteiger partial charge in [-0.1, -0.05) is 78.3 Å². The number of phenolic OH excluding ortho intramolecular Hbond substituents is 1. The Bertz CT molecular complexity index is 4200. The van der Waals surface area contributed by atoms with Gasteiger partial charge in [-0.05, 0) is 152 Å². The Hall–Kier alpha value is -9.65. The lowest BCUT2D eigenvalue weighted by Crippen LogP contribution is -2.39. The molecule has 5 N–H and O–H groups in total. The number of Topliss-reactive ketones (excluding diaryl/α,β-unsaturated/α-hetero) is 2. The number of nitrogens with zero attached hydrogens (tertiary/aromatic N) is 3. The average Bonchev–Trinajstić information content (AvgIpc) is 1.21. The van der Waals surface area contributed by atoms with E-state index in [1.165, 1.54) is 33.0 Å². The SMILES string of the molecule is COC(=O)CCCCC(=O)N[C@@H](C)C(=O)C[C@@H](C)C(=O)Nc1cc(CCl)cc(CBr)c1.COC(=O)CCCCC(=O)N[C@@H](C)C(=O)C[C@@H](C)C(=O)Nc1cc(CCl)cc(COc2cc3c(cc2OC)C(=O)N2c4ccccc4C[C@H]2CC3)c1.COc1cc2c(cc1O)N=C[C@@H]1Cc3ccccc3N1C2=O. The number of rotatable bonds is 30. The number of aromatic hydroxyl groups is 1. The van der Waals surface area contributed by atoms with E-state index in [9.17, 15) is 53.1 Å². The Balaban J connectivity index is 0.000000221. The average molecular weight is 1540 g/mol. The fourth-order valence-electron chi connectivity index (χ4n) is 12.7. The fourth-order valence-corrected chi connectivity index (χ4v) is 13.3. The van der Waals surface area contributed by atoms with Gasteiger partial charge in [0.15, 0.2) is 34.6 Å². The summed E-state index contributed by atoms with van der Waals surface area (Å²) in [7, 11) is 5.64. The van der Waals surface area contributed by atoms with Crippen molar-refractivity contribution in [1.29, 1.82) is 0 Å². The minimum Gasteiger partial charge on any atom is -0.504 e. The van der Waals surface area contributed by atoms with Crippen molar-refractivity contribution in [2.45, 2.75) is 165 Å². The van der Waals surface area contributed by atoms with Crippen LogP contribution in [0.5, 0.6) is 23.0 Å². The largest absolute Gasteiger partial charge is 0.504 e. The molecule has 0 radical (unpaired) electrons. The van der Waals surface area contributed by atoms with Crippen LogP contribution in [0.15, 0.2) is 114 Å². The van der Waals surface area contributed by atoms with Crippen LogP contribution in [0.3, 0.4) is 0 Å². The van der Waals surface area contributed by atoms with Crippen LogP contribution in [0.2, 0.25) is 0 Å². The Labute approximate surface area is 629 Å². The normalized spacial score (nSPS) is 15.3. The molecular weight excluding hydrogens is 1450 g/mol. The molecule has 10 rings (SSSR count). The minimum absolute atomic E-state index is 0.0100. The van der Waals surface area contributed by atoms with Gasteiger partial charge in [-0.25, -0.2) is 0 Å². The van der Waals surface area contributed by atoms with Gasteiger partial charge in [0.1, 0.15) is 6.61 Å². The van der Waals surface area contributed by atoms with E-state index in [4.69, 9.17) is 37.4 Å². The molecule has 4 aliphatic heterocycles. The number of carbonyl (C=O) groups is 10. The highest BCUT2D eigenvalue weighted by atomic mass is 79.9. The number of esters is 2. The number of benzene rings is 6. The van der Waals surface area contributed by atoms with Crippen molar-refractivity contribution in [1.82, 2.24) is 10.6 Å². The van der Waals surface area contributed by atoms with Gasteiger partial charge in [0.2, 0.25) is 23.6 Å². The van der Waals surface area contributed by atoms with Crippen LogP contribution in [0.4, 0.5) is 28.4 Å².